The third-order valence-corrected chi connectivity index (χ3v) is 2.99. The first kappa shape index (κ1) is 13.5. The fourth-order valence-electron chi connectivity index (χ4n) is 1.49. The fraction of sp³-hybridized carbons (Fsp3) is 0.727. The van der Waals surface area contributed by atoms with E-state index in [4.69, 9.17) is 11.6 Å². The molecule has 1 atom stereocenters. The van der Waals surface area contributed by atoms with Crippen molar-refractivity contribution >= 4 is 11.6 Å². The Bertz CT molecular complexity index is 349. The summed E-state index contributed by atoms with van der Waals surface area (Å²) in [6.07, 6.45) is -0.448. The molecule has 0 aliphatic rings. The van der Waals surface area contributed by atoms with Crippen molar-refractivity contribution in [3.05, 3.63) is 16.4 Å². The van der Waals surface area contributed by atoms with Crippen LogP contribution in [0.1, 0.15) is 25.2 Å². The van der Waals surface area contributed by atoms with Gasteiger partial charge in [0.1, 0.15) is 0 Å². The van der Waals surface area contributed by atoms with Crippen LogP contribution < -0.4 is 5.32 Å². The van der Waals surface area contributed by atoms with Crippen LogP contribution in [0.2, 0.25) is 5.02 Å². The predicted molar refractivity (Wildman–Crippen MR) is 65.9 cm³/mol. The van der Waals surface area contributed by atoms with E-state index in [0.717, 1.165) is 11.4 Å². The molecule has 0 spiro atoms. The summed E-state index contributed by atoms with van der Waals surface area (Å²) >= 11 is 6.03. The first-order valence-electron chi connectivity index (χ1n) is 5.52. The van der Waals surface area contributed by atoms with Crippen LogP contribution in [0.4, 0.5) is 0 Å². The highest BCUT2D eigenvalue weighted by Gasteiger charge is 2.12. The largest absolute Gasteiger partial charge is 0.390 e. The molecule has 0 radical (unpaired) electrons. The summed E-state index contributed by atoms with van der Waals surface area (Å²) in [7, 11) is 0. The monoisotopic (exact) mass is 245 g/mol. The van der Waals surface area contributed by atoms with E-state index < -0.39 is 6.10 Å². The Labute approximate surface area is 102 Å². The number of halogens is 1. The van der Waals surface area contributed by atoms with E-state index in [1.165, 1.54) is 0 Å². The zero-order chi connectivity index (χ0) is 12.3. The van der Waals surface area contributed by atoms with Gasteiger partial charge in [0, 0.05) is 12.6 Å². The third kappa shape index (κ3) is 3.47. The molecule has 0 amide bonds. The quantitative estimate of drug-likeness (QED) is 0.827. The van der Waals surface area contributed by atoms with Crippen molar-refractivity contribution in [3.8, 4) is 0 Å². The Kier molecular flexibility index (Phi) is 4.77. The summed E-state index contributed by atoms with van der Waals surface area (Å²) in [6.45, 7) is 8.90. The van der Waals surface area contributed by atoms with Crippen LogP contribution in [0.3, 0.4) is 0 Å². The lowest BCUT2D eigenvalue weighted by Crippen LogP contribution is -2.34. The minimum Gasteiger partial charge on any atom is -0.390 e. The van der Waals surface area contributed by atoms with Gasteiger partial charge < -0.3 is 10.4 Å². The summed E-state index contributed by atoms with van der Waals surface area (Å²) in [4.78, 5) is 0. The smallest absolute Gasteiger partial charge is 0.0860 e. The fourth-order valence-corrected chi connectivity index (χ4v) is 1.62. The van der Waals surface area contributed by atoms with Gasteiger partial charge >= 0.3 is 0 Å². The van der Waals surface area contributed by atoms with Gasteiger partial charge in [-0.15, -0.1) is 0 Å². The van der Waals surface area contributed by atoms with E-state index in [-0.39, 0.29) is 0 Å². The van der Waals surface area contributed by atoms with Gasteiger partial charge in [-0.05, 0) is 13.8 Å². The maximum atomic E-state index is 9.81. The maximum Gasteiger partial charge on any atom is 0.0860 e. The molecule has 1 unspecified atom stereocenters. The van der Waals surface area contributed by atoms with Gasteiger partial charge in [-0.25, -0.2) is 0 Å². The summed E-state index contributed by atoms with van der Waals surface area (Å²) in [6, 6.07) is 0.374. The summed E-state index contributed by atoms with van der Waals surface area (Å²) in [5.41, 5.74) is 1.71. The first-order chi connectivity index (χ1) is 7.41. The molecular formula is C11H20ClN3O. The highest BCUT2D eigenvalue weighted by molar-refractivity contribution is 6.31. The van der Waals surface area contributed by atoms with E-state index in [2.05, 4.69) is 10.4 Å². The number of aromatic nitrogens is 2. The minimum absolute atomic E-state index is 0.374. The second-order valence-electron chi connectivity index (χ2n) is 4.38. The SMILES string of the molecule is Cc1nn(CC(O)CNC(C)C)c(C)c1Cl. The van der Waals surface area contributed by atoms with Gasteiger partial charge in [-0.2, -0.15) is 5.10 Å². The molecule has 1 heterocycles. The number of nitrogens with zero attached hydrogens (tertiary/aromatic N) is 2. The highest BCUT2D eigenvalue weighted by Crippen LogP contribution is 2.18. The molecule has 1 aromatic heterocycles. The first-order valence-corrected chi connectivity index (χ1v) is 5.90. The van der Waals surface area contributed by atoms with Crippen LogP contribution >= 0.6 is 11.6 Å². The normalized spacial score (nSPS) is 13.4. The molecule has 0 saturated heterocycles. The van der Waals surface area contributed by atoms with Crippen LogP contribution in [0.25, 0.3) is 0 Å². The molecule has 16 heavy (non-hydrogen) atoms. The van der Waals surface area contributed by atoms with Gasteiger partial charge in [0.15, 0.2) is 0 Å². The van der Waals surface area contributed by atoms with Crippen molar-refractivity contribution in [2.75, 3.05) is 6.54 Å². The maximum absolute atomic E-state index is 9.81. The van der Waals surface area contributed by atoms with Crippen LogP contribution in [-0.2, 0) is 6.54 Å². The molecule has 5 heteroatoms. The van der Waals surface area contributed by atoms with Gasteiger partial charge in [-0.3, -0.25) is 4.68 Å². The van der Waals surface area contributed by atoms with E-state index in [1.807, 2.05) is 27.7 Å². The molecule has 92 valence electrons. The Hall–Kier alpha value is -0.580. The predicted octanol–water partition coefficient (Wildman–Crippen LogP) is 1.51. The molecule has 1 rings (SSSR count). The molecule has 0 aliphatic carbocycles. The van der Waals surface area contributed by atoms with Crippen LogP contribution in [0.15, 0.2) is 0 Å². The van der Waals surface area contributed by atoms with Gasteiger partial charge in [-0.1, -0.05) is 25.4 Å². The number of aryl methyl sites for hydroxylation is 1. The van der Waals surface area contributed by atoms with Crippen molar-refractivity contribution in [1.82, 2.24) is 15.1 Å². The van der Waals surface area contributed by atoms with Gasteiger partial charge in [0.05, 0.1) is 29.1 Å². The Morgan fingerprint density at radius 2 is 2.06 bits per heavy atom. The van der Waals surface area contributed by atoms with Gasteiger partial charge in [0.2, 0.25) is 0 Å². The summed E-state index contributed by atoms with van der Waals surface area (Å²) in [5, 5.41) is 18.0. The summed E-state index contributed by atoms with van der Waals surface area (Å²) in [5.74, 6) is 0. The van der Waals surface area contributed by atoms with E-state index in [1.54, 1.807) is 4.68 Å². The number of aliphatic hydroxyl groups excluding tert-OH is 1. The van der Waals surface area contributed by atoms with Crippen molar-refractivity contribution < 1.29 is 5.11 Å². The standard InChI is InChI=1S/C11H20ClN3O/c1-7(2)13-5-10(16)6-15-9(4)11(12)8(3)14-15/h7,10,13,16H,5-6H2,1-4H3. The van der Waals surface area contributed by atoms with Crippen molar-refractivity contribution in [1.29, 1.82) is 0 Å². The molecular weight excluding hydrogens is 226 g/mol. The van der Waals surface area contributed by atoms with E-state index >= 15 is 0 Å². The summed E-state index contributed by atoms with van der Waals surface area (Å²) < 4.78 is 1.75. The lowest BCUT2D eigenvalue weighted by Gasteiger charge is -2.14. The molecule has 0 fully saturated rings. The van der Waals surface area contributed by atoms with E-state index in [9.17, 15) is 5.11 Å². The minimum atomic E-state index is -0.448. The topological polar surface area (TPSA) is 50.1 Å². The number of rotatable bonds is 5. The highest BCUT2D eigenvalue weighted by atomic mass is 35.5. The van der Waals surface area contributed by atoms with Crippen LogP contribution in [0.5, 0.6) is 0 Å². The van der Waals surface area contributed by atoms with Crippen LogP contribution in [0, 0.1) is 13.8 Å². The molecule has 2 N–H and O–H groups in total. The Morgan fingerprint density at radius 3 is 2.50 bits per heavy atom. The lowest BCUT2D eigenvalue weighted by atomic mass is 10.3. The number of hydrogen-bond acceptors (Lipinski definition) is 3. The van der Waals surface area contributed by atoms with Crippen LogP contribution in [-0.4, -0.2) is 33.6 Å². The number of nitrogens with one attached hydrogen (secondary N) is 1. The Morgan fingerprint density at radius 1 is 1.44 bits per heavy atom. The Balaban J connectivity index is 2.56. The molecule has 0 bridgehead atoms. The molecule has 4 nitrogen and oxygen atoms in total. The third-order valence-electron chi connectivity index (χ3n) is 2.44. The van der Waals surface area contributed by atoms with Gasteiger partial charge in [0.25, 0.3) is 0 Å². The lowest BCUT2D eigenvalue weighted by molar-refractivity contribution is 0.143. The average molecular weight is 246 g/mol. The zero-order valence-electron chi connectivity index (χ0n) is 10.3. The molecule has 0 aliphatic heterocycles. The van der Waals surface area contributed by atoms with Crippen molar-refractivity contribution in [2.24, 2.45) is 0 Å². The van der Waals surface area contributed by atoms with Crippen molar-refractivity contribution in [2.45, 2.75) is 46.4 Å². The van der Waals surface area contributed by atoms with E-state index in [0.29, 0.717) is 24.2 Å². The van der Waals surface area contributed by atoms with Crippen molar-refractivity contribution in [3.63, 3.8) is 0 Å². The number of aliphatic hydroxyl groups is 1. The molecule has 0 saturated carbocycles. The zero-order valence-corrected chi connectivity index (χ0v) is 11.0. The molecule has 0 aromatic carbocycles. The number of hydrogen-bond donors (Lipinski definition) is 2. The molecule has 1 aromatic rings. The second-order valence-corrected chi connectivity index (χ2v) is 4.76. The average Bonchev–Trinajstić information content (AvgIpc) is 2.43. The second kappa shape index (κ2) is 5.66.